The van der Waals surface area contributed by atoms with Crippen LogP contribution in [0.5, 0.6) is 0 Å². The van der Waals surface area contributed by atoms with E-state index in [-0.39, 0.29) is 24.3 Å². The fourth-order valence-electron chi connectivity index (χ4n) is 2.16. The van der Waals surface area contributed by atoms with Crippen LogP contribution in [0.25, 0.3) is 0 Å². The molecule has 2 N–H and O–H groups in total. The molecule has 1 saturated heterocycles. The highest BCUT2D eigenvalue weighted by Gasteiger charge is 2.32. The Morgan fingerprint density at radius 3 is 2.59 bits per heavy atom. The van der Waals surface area contributed by atoms with Gasteiger partial charge in [0.25, 0.3) is 0 Å². The van der Waals surface area contributed by atoms with Crippen molar-refractivity contribution in [1.29, 1.82) is 0 Å². The molecule has 0 aromatic heterocycles. The SMILES string of the molecule is CCCN(CC(=O)NC)C(=O)[C@@H]1CNC[C@H]1C. The molecule has 5 nitrogen and oxygen atoms in total. The molecule has 0 radical (unpaired) electrons. The van der Waals surface area contributed by atoms with Crippen LogP contribution in [-0.4, -0.2) is 49.9 Å². The lowest BCUT2D eigenvalue weighted by Gasteiger charge is -2.25. The number of likely N-dealkylation sites (N-methyl/N-ethyl adjacent to an activating group) is 1. The van der Waals surface area contributed by atoms with Crippen LogP contribution in [0, 0.1) is 11.8 Å². The molecular formula is C12H23N3O2. The van der Waals surface area contributed by atoms with Gasteiger partial charge in [-0.2, -0.15) is 0 Å². The fourth-order valence-corrected chi connectivity index (χ4v) is 2.16. The summed E-state index contributed by atoms with van der Waals surface area (Å²) >= 11 is 0. The first-order valence-corrected chi connectivity index (χ1v) is 6.30. The summed E-state index contributed by atoms with van der Waals surface area (Å²) in [6, 6.07) is 0. The Bertz CT molecular complexity index is 281. The van der Waals surface area contributed by atoms with Crippen LogP contribution < -0.4 is 10.6 Å². The van der Waals surface area contributed by atoms with Gasteiger partial charge in [-0.3, -0.25) is 9.59 Å². The van der Waals surface area contributed by atoms with Crippen LogP contribution in [0.2, 0.25) is 0 Å². The van der Waals surface area contributed by atoms with E-state index < -0.39 is 0 Å². The van der Waals surface area contributed by atoms with Crippen molar-refractivity contribution >= 4 is 11.8 Å². The highest BCUT2D eigenvalue weighted by Crippen LogP contribution is 2.18. The van der Waals surface area contributed by atoms with Crippen molar-refractivity contribution in [1.82, 2.24) is 15.5 Å². The number of hydrogen-bond donors (Lipinski definition) is 2. The summed E-state index contributed by atoms with van der Waals surface area (Å²) in [4.78, 5) is 25.4. The van der Waals surface area contributed by atoms with Gasteiger partial charge in [-0.05, 0) is 18.9 Å². The van der Waals surface area contributed by atoms with Gasteiger partial charge in [-0.25, -0.2) is 0 Å². The fraction of sp³-hybridized carbons (Fsp3) is 0.833. The minimum absolute atomic E-state index is 0.0196. The van der Waals surface area contributed by atoms with Gasteiger partial charge in [-0.15, -0.1) is 0 Å². The summed E-state index contributed by atoms with van der Waals surface area (Å²) in [6.45, 7) is 6.53. The summed E-state index contributed by atoms with van der Waals surface area (Å²) in [5.74, 6) is 0.371. The number of amides is 2. The zero-order valence-electron chi connectivity index (χ0n) is 11.0. The van der Waals surface area contributed by atoms with Gasteiger partial charge in [-0.1, -0.05) is 13.8 Å². The molecule has 0 aliphatic carbocycles. The van der Waals surface area contributed by atoms with Crippen LogP contribution in [0.3, 0.4) is 0 Å². The number of carbonyl (C=O) groups is 2. The summed E-state index contributed by atoms with van der Waals surface area (Å²) < 4.78 is 0. The first kappa shape index (κ1) is 14.0. The van der Waals surface area contributed by atoms with E-state index in [1.807, 2.05) is 6.92 Å². The van der Waals surface area contributed by atoms with Crippen LogP contribution in [0.1, 0.15) is 20.3 Å². The third-order valence-corrected chi connectivity index (χ3v) is 3.25. The molecule has 0 spiro atoms. The van der Waals surface area contributed by atoms with E-state index in [0.717, 1.165) is 19.5 Å². The predicted octanol–water partition coefficient (Wildman–Crippen LogP) is -0.173. The maximum absolute atomic E-state index is 12.3. The highest BCUT2D eigenvalue weighted by atomic mass is 16.2. The normalized spacial score (nSPS) is 23.5. The smallest absolute Gasteiger partial charge is 0.239 e. The topological polar surface area (TPSA) is 61.4 Å². The predicted molar refractivity (Wildman–Crippen MR) is 66.5 cm³/mol. The Morgan fingerprint density at radius 1 is 1.41 bits per heavy atom. The van der Waals surface area contributed by atoms with Gasteiger partial charge in [0, 0.05) is 20.1 Å². The molecule has 0 aromatic carbocycles. The Hall–Kier alpha value is -1.10. The molecule has 0 unspecified atom stereocenters. The Morgan fingerprint density at radius 2 is 2.12 bits per heavy atom. The number of nitrogens with zero attached hydrogens (tertiary/aromatic N) is 1. The van der Waals surface area contributed by atoms with E-state index in [4.69, 9.17) is 0 Å². The Balaban J connectivity index is 2.62. The van der Waals surface area contributed by atoms with E-state index in [9.17, 15) is 9.59 Å². The highest BCUT2D eigenvalue weighted by molar-refractivity contribution is 5.86. The van der Waals surface area contributed by atoms with Crippen LogP contribution in [0.4, 0.5) is 0 Å². The lowest BCUT2D eigenvalue weighted by atomic mass is 9.96. The van der Waals surface area contributed by atoms with Crippen LogP contribution in [-0.2, 0) is 9.59 Å². The molecule has 2 amide bonds. The van der Waals surface area contributed by atoms with Crippen LogP contribution in [0.15, 0.2) is 0 Å². The van der Waals surface area contributed by atoms with E-state index in [0.29, 0.717) is 12.5 Å². The lowest BCUT2D eigenvalue weighted by Crippen LogP contribution is -2.44. The number of nitrogens with one attached hydrogen (secondary N) is 2. The summed E-state index contributed by atoms with van der Waals surface area (Å²) in [5.41, 5.74) is 0. The summed E-state index contributed by atoms with van der Waals surface area (Å²) in [6.07, 6.45) is 0.872. The second-order valence-electron chi connectivity index (χ2n) is 4.67. The van der Waals surface area contributed by atoms with Gasteiger partial charge >= 0.3 is 0 Å². The van der Waals surface area contributed by atoms with Crippen molar-refractivity contribution in [3.05, 3.63) is 0 Å². The maximum Gasteiger partial charge on any atom is 0.239 e. The molecule has 5 heteroatoms. The first-order valence-electron chi connectivity index (χ1n) is 6.30. The van der Waals surface area contributed by atoms with E-state index in [1.54, 1.807) is 11.9 Å². The Kier molecular flexibility index (Phi) is 5.41. The van der Waals surface area contributed by atoms with Crippen molar-refractivity contribution in [2.45, 2.75) is 20.3 Å². The second kappa shape index (κ2) is 6.59. The van der Waals surface area contributed by atoms with Gasteiger partial charge < -0.3 is 15.5 Å². The summed E-state index contributed by atoms with van der Waals surface area (Å²) in [7, 11) is 1.59. The molecule has 0 aromatic rings. The largest absolute Gasteiger partial charge is 0.358 e. The second-order valence-corrected chi connectivity index (χ2v) is 4.67. The maximum atomic E-state index is 12.3. The molecule has 1 aliphatic heterocycles. The number of carbonyl (C=O) groups excluding carboxylic acids is 2. The monoisotopic (exact) mass is 241 g/mol. The quantitative estimate of drug-likeness (QED) is 0.702. The first-order chi connectivity index (χ1) is 8.10. The van der Waals surface area contributed by atoms with Gasteiger partial charge in [0.15, 0.2) is 0 Å². The third-order valence-electron chi connectivity index (χ3n) is 3.25. The molecular weight excluding hydrogens is 218 g/mol. The average Bonchev–Trinajstić information content (AvgIpc) is 2.73. The molecule has 98 valence electrons. The third kappa shape index (κ3) is 3.70. The van der Waals surface area contributed by atoms with Gasteiger partial charge in [0.1, 0.15) is 0 Å². The van der Waals surface area contributed by atoms with Crippen molar-refractivity contribution in [2.75, 3.05) is 33.2 Å². The number of rotatable bonds is 5. The zero-order valence-corrected chi connectivity index (χ0v) is 11.0. The molecule has 0 saturated carbocycles. The molecule has 1 heterocycles. The van der Waals surface area contributed by atoms with Crippen molar-refractivity contribution in [2.24, 2.45) is 11.8 Å². The minimum Gasteiger partial charge on any atom is -0.358 e. The molecule has 0 bridgehead atoms. The number of hydrogen-bond acceptors (Lipinski definition) is 3. The molecule has 1 rings (SSSR count). The summed E-state index contributed by atoms with van der Waals surface area (Å²) in [5, 5.41) is 5.78. The molecule has 2 atom stereocenters. The lowest BCUT2D eigenvalue weighted by molar-refractivity contribution is -0.139. The van der Waals surface area contributed by atoms with Gasteiger partial charge in [0.2, 0.25) is 11.8 Å². The molecule has 1 fully saturated rings. The Labute approximate surface area is 103 Å². The standard InChI is InChI=1S/C12H23N3O2/c1-4-5-15(8-11(16)13-3)12(17)10-7-14-6-9(10)2/h9-10,14H,4-8H2,1-3H3,(H,13,16)/t9-,10-/m1/s1. The van der Waals surface area contributed by atoms with E-state index in [1.165, 1.54) is 0 Å². The molecule has 17 heavy (non-hydrogen) atoms. The van der Waals surface area contributed by atoms with Crippen molar-refractivity contribution in [3.63, 3.8) is 0 Å². The van der Waals surface area contributed by atoms with Gasteiger partial charge in [0.05, 0.1) is 12.5 Å². The van der Waals surface area contributed by atoms with Crippen LogP contribution >= 0.6 is 0 Å². The zero-order chi connectivity index (χ0) is 12.8. The average molecular weight is 241 g/mol. The van der Waals surface area contributed by atoms with Crippen molar-refractivity contribution in [3.8, 4) is 0 Å². The molecule has 1 aliphatic rings. The minimum atomic E-state index is -0.106. The van der Waals surface area contributed by atoms with E-state index in [2.05, 4.69) is 17.6 Å². The van der Waals surface area contributed by atoms with Crippen molar-refractivity contribution < 1.29 is 9.59 Å². The van der Waals surface area contributed by atoms with E-state index >= 15 is 0 Å².